The lowest BCUT2D eigenvalue weighted by Crippen LogP contribution is -2.03. The van der Waals surface area contributed by atoms with Crippen molar-refractivity contribution >= 4 is 17.0 Å². The maximum atomic E-state index is 13.3. The van der Waals surface area contributed by atoms with E-state index in [9.17, 15) is 13.2 Å². The molecule has 0 spiro atoms. The number of thiophene rings is 1. The van der Waals surface area contributed by atoms with Gasteiger partial charge in [0.2, 0.25) is 0 Å². The fourth-order valence-electron chi connectivity index (χ4n) is 1.42. The topological polar surface area (TPSA) is 35.8 Å². The van der Waals surface area contributed by atoms with Crippen LogP contribution in [0.3, 0.4) is 0 Å². The third-order valence-electron chi connectivity index (χ3n) is 2.23. The summed E-state index contributed by atoms with van der Waals surface area (Å²) in [4.78, 5) is 0.759. The third-order valence-corrected chi connectivity index (χ3v) is 3.17. The van der Waals surface area contributed by atoms with Gasteiger partial charge in [0.25, 0.3) is 0 Å². The Hall–Kier alpha value is -2.00. The Labute approximate surface area is 105 Å². The molecule has 2 nitrogen and oxygen atoms in total. The summed E-state index contributed by atoms with van der Waals surface area (Å²) >= 11 is 1.30. The van der Waals surface area contributed by atoms with E-state index in [4.69, 9.17) is 5.26 Å². The maximum Gasteiger partial charge on any atom is 0.152 e. The van der Waals surface area contributed by atoms with E-state index in [1.165, 1.54) is 11.3 Å². The van der Waals surface area contributed by atoms with Gasteiger partial charge in [0.05, 0.1) is 5.56 Å². The van der Waals surface area contributed by atoms with Gasteiger partial charge in [0.15, 0.2) is 11.6 Å². The molecule has 1 aromatic carbocycles. The summed E-state index contributed by atoms with van der Waals surface area (Å²) < 4.78 is 39.3. The fourth-order valence-corrected chi connectivity index (χ4v) is 2.17. The Morgan fingerprint density at radius 3 is 2.39 bits per heavy atom. The van der Waals surface area contributed by atoms with Gasteiger partial charge < -0.3 is 5.32 Å². The van der Waals surface area contributed by atoms with Gasteiger partial charge in [-0.05, 0) is 6.07 Å². The number of rotatable bonds is 3. The number of halogens is 3. The molecule has 92 valence electrons. The van der Waals surface area contributed by atoms with Crippen molar-refractivity contribution in [2.24, 2.45) is 0 Å². The molecule has 1 aromatic heterocycles. The van der Waals surface area contributed by atoms with Crippen LogP contribution in [0.1, 0.15) is 10.4 Å². The SMILES string of the molecule is N#Cc1csc(CNc2c(F)cc(F)cc2F)c1. The summed E-state index contributed by atoms with van der Waals surface area (Å²) in [6.07, 6.45) is 0. The number of nitrogens with one attached hydrogen (secondary N) is 1. The average molecular weight is 268 g/mol. The van der Waals surface area contributed by atoms with Gasteiger partial charge in [-0.2, -0.15) is 5.26 Å². The second-order valence-electron chi connectivity index (χ2n) is 3.51. The third kappa shape index (κ3) is 2.63. The normalized spacial score (nSPS) is 10.1. The molecule has 0 saturated carbocycles. The molecule has 1 N–H and O–H groups in total. The van der Waals surface area contributed by atoms with Crippen LogP contribution in [0.4, 0.5) is 18.9 Å². The molecule has 18 heavy (non-hydrogen) atoms. The van der Waals surface area contributed by atoms with E-state index in [0.29, 0.717) is 17.7 Å². The second-order valence-corrected chi connectivity index (χ2v) is 4.51. The molecule has 0 aliphatic heterocycles. The Bertz CT molecular complexity index is 593. The molecule has 0 saturated heterocycles. The van der Waals surface area contributed by atoms with Gasteiger partial charge in [-0.3, -0.25) is 0 Å². The molecule has 0 fully saturated rings. The van der Waals surface area contributed by atoms with Crippen LogP contribution in [0, 0.1) is 28.8 Å². The van der Waals surface area contributed by atoms with Crippen molar-refractivity contribution in [3.05, 3.63) is 51.5 Å². The number of anilines is 1. The molecule has 0 unspecified atom stereocenters. The standard InChI is InChI=1S/C12H7F3N2S/c13-8-2-10(14)12(11(15)3-8)17-5-9-1-7(4-16)6-18-9/h1-3,6,17H,5H2. The van der Waals surface area contributed by atoms with Crippen LogP contribution < -0.4 is 5.32 Å². The summed E-state index contributed by atoms with van der Waals surface area (Å²) in [6.45, 7) is 0.172. The highest BCUT2D eigenvalue weighted by Crippen LogP contribution is 2.22. The summed E-state index contributed by atoms with van der Waals surface area (Å²) in [6, 6.07) is 4.81. The zero-order valence-electron chi connectivity index (χ0n) is 9.01. The summed E-state index contributed by atoms with van der Waals surface area (Å²) in [5.41, 5.74) is 0.125. The highest BCUT2D eigenvalue weighted by atomic mass is 32.1. The smallest absolute Gasteiger partial charge is 0.152 e. The fraction of sp³-hybridized carbons (Fsp3) is 0.0833. The van der Waals surface area contributed by atoms with Crippen molar-refractivity contribution in [2.75, 3.05) is 5.32 Å². The van der Waals surface area contributed by atoms with E-state index in [-0.39, 0.29) is 12.2 Å². The molecule has 6 heteroatoms. The molecule has 2 rings (SSSR count). The van der Waals surface area contributed by atoms with Crippen LogP contribution in [-0.2, 0) is 6.54 Å². The lowest BCUT2D eigenvalue weighted by Gasteiger charge is -2.07. The lowest BCUT2D eigenvalue weighted by molar-refractivity contribution is 0.547. The van der Waals surface area contributed by atoms with Gasteiger partial charge in [0, 0.05) is 28.9 Å². The van der Waals surface area contributed by atoms with Crippen LogP contribution >= 0.6 is 11.3 Å². The summed E-state index contributed by atoms with van der Waals surface area (Å²) in [7, 11) is 0. The molecule has 0 bridgehead atoms. The molecular formula is C12H7F3N2S. The number of hydrogen-bond acceptors (Lipinski definition) is 3. The predicted molar refractivity (Wildman–Crippen MR) is 62.7 cm³/mol. The second kappa shape index (κ2) is 5.10. The zero-order valence-corrected chi connectivity index (χ0v) is 9.82. The van der Waals surface area contributed by atoms with Crippen molar-refractivity contribution in [1.82, 2.24) is 0 Å². The first kappa shape index (κ1) is 12.5. The van der Waals surface area contributed by atoms with Crippen LogP contribution in [0.25, 0.3) is 0 Å². The van der Waals surface area contributed by atoms with Gasteiger partial charge in [-0.15, -0.1) is 11.3 Å². The van der Waals surface area contributed by atoms with Crippen molar-refractivity contribution in [3.8, 4) is 6.07 Å². The molecule has 0 aliphatic rings. The minimum atomic E-state index is -0.982. The highest BCUT2D eigenvalue weighted by Gasteiger charge is 2.11. The van der Waals surface area contributed by atoms with E-state index in [1.807, 2.05) is 6.07 Å². The molecule has 0 aliphatic carbocycles. The van der Waals surface area contributed by atoms with E-state index in [0.717, 1.165) is 4.88 Å². The van der Waals surface area contributed by atoms with Crippen molar-refractivity contribution in [2.45, 2.75) is 6.54 Å². The van der Waals surface area contributed by atoms with E-state index in [1.54, 1.807) is 11.4 Å². The summed E-state index contributed by atoms with van der Waals surface area (Å²) in [5.74, 6) is -2.92. The first-order chi connectivity index (χ1) is 8.60. The molecule has 0 radical (unpaired) electrons. The number of benzene rings is 1. The van der Waals surface area contributed by atoms with E-state index in [2.05, 4.69) is 5.32 Å². The van der Waals surface area contributed by atoms with E-state index < -0.39 is 17.5 Å². The molecular weight excluding hydrogens is 261 g/mol. The lowest BCUT2D eigenvalue weighted by atomic mass is 10.2. The number of nitrogens with zero attached hydrogens (tertiary/aromatic N) is 1. The quantitative estimate of drug-likeness (QED) is 0.922. The monoisotopic (exact) mass is 268 g/mol. The molecule has 0 amide bonds. The first-order valence-corrected chi connectivity index (χ1v) is 5.84. The minimum Gasteiger partial charge on any atom is -0.375 e. The van der Waals surface area contributed by atoms with Crippen LogP contribution in [0.2, 0.25) is 0 Å². The highest BCUT2D eigenvalue weighted by molar-refractivity contribution is 7.10. The van der Waals surface area contributed by atoms with Crippen molar-refractivity contribution in [1.29, 1.82) is 5.26 Å². The number of hydrogen-bond donors (Lipinski definition) is 1. The molecule has 0 atom stereocenters. The Morgan fingerprint density at radius 2 is 1.83 bits per heavy atom. The van der Waals surface area contributed by atoms with Gasteiger partial charge in [0.1, 0.15) is 17.6 Å². The van der Waals surface area contributed by atoms with E-state index >= 15 is 0 Å². The minimum absolute atomic E-state index is 0.172. The Morgan fingerprint density at radius 1 is 1.17 bits per heavy atom. The van der Waals surface area contributed by atoms with Crippen LogP contribution in [0.15, 0.2) is 23.6 Å². The summed E-state index contributed by atoms with van der Waals surface area (Å²) in [5, 5.41) is 12.8. The Kier molecular flexibility index (Phi) is 3.53. The average Bonchev–Trinajstić information content (AvgIpc) is 2.75. The van der Waals surface area contributed by atoms with Crippen molar-refractivity contribution < 1.29 is 13.2 Å². The van der Waals surface area contributed by atoms with Gasteiger partial charge in [-0.25, -0.2) is 13.2 Å². The van der Waals surface area contributed by atoms with Crippen LogP contribution in [-0.4, -0.2) is 0 Å². The predicted octanol–water partition coefficient (Wildman–Crippen LogP) is 3.65. The maximum absolute atomic E-state index is 13.3. The first-order valence-electron chi connectivity index (χ1n) is 4.96. The zero-order chi connectivity index (χ0) is 13.1. The van der Waals surface area contributed by atoms with Gasteiger partial charge in [-0.1, -0.05) is 0 Å². The molecule has 1 heterocycles. The van der Waals surface area contributed by atoms with Gasteiger partial charge >= 0.3 is 0 Å². The largest absolute Gasteiger partial charge is 0.375 e. The molecule has 2 aromatic rings. The van der Waals surface area contributed by atoms with Crippen LogP contribution in [0.5, 0.6) is 0 Å². The number of nitriles is 1. The van der Waals surface area contributed by atoms with Crippen molar-refractivity contribution in [3.63, 3.8) is 0 Å². The Balaban J connectivity index is 2.13.